The molecule has 49 heavy (non-hydrogen) atoms. The van der Waals surface area contributed by atoms with Crippen LogP contribution in [0.3, 0.4) is 0 Å². The van der Waals surface area contributed by atoms with Gasteiger partial charge in [-0.1, -0.05) is 13.0 Å². The molecule has 11 atom stereocenters. The molecule has 266 valence electrons. The molecule has 3 heterocycles. The van der Waals surface area contributed by atoms with Crippen molar-refractivity contribution in [1.82, 2.24) is 9.80 Å². The molecule has 2 saturated heterocycles. The fourth-order valence-electron chi connectivity index (χ4n) is 8.83. The molecule has 0 saturated carbocycles. The zero-order valence-corrected chi connectivity index (χ0v) is 29.1. The van der Waals surface area contributed by atoms with Crippen LogP contribution in [0.5, 0.6) is 17.2 Å². The van der Waals surface area contributed by atoms with E-state index >= 15 is 0 Å². The molecular formula is C36H46N2O11. The zero-order chi connectivity index (χ0) is 35.6. The minimum Gasteiger partial charge on any atom is -0.507 e. The third-order valence-electron chi connectivity index (χ3n) is 11.4. The number of aliphatic hydroxyl groups excluding tert-OH is 2. The van der Waals surface area contributed by atoms with Crippen LogP contribution >= 0.6 is 0 Å². The Morgan fingerprint density at radius 3 is 2.27 bits per heavy atom. The summed E-state index contributed by atoms with van der Waals surface area (Å²) in [5, 5.41) is 57.3. The molecule has 7 rings (SSSR count). The summed E-state index contributed by atoms with van der Waals surface area (Å²) in [6.45, 7) is 6.90. The van der Waals surface area contributed by atoms with Crippen molar-refractivity contribution in [2.45, 2.75) is 107 Å². The van der Waals surface area contributed by atoms with E-state index < -0.39 is 71.3 Å². The molecule has 5 aliphatic rings. The molecule has 0 amide bonds. The Kier molecular flexibility index (Phi) is 8.01. The van der Waals surface area contributed by atoms with E-state index in [1.54, 1.807) is 26.8 Å². The fraction of sp³-hybridized carbons (Fsp3) is 0.611. The maximum absolute atomic E-state index is 14.5. The molecule has 2 bridgehead atoms. The highest BCUT2D eigenvalue weighted by Gasteiger charge is 2.58. The fourth-order valence-corrected chi connectivity index (χ4v) is 8.83. The van der Waals surface area contributed by atoms with Gasteiger partial charge in [-0.2, -0.15) is 0 Å². The third-order valence-corrected chi connectivity index (χ3v) is 11.4. The van der Waals surface area contributed by atoms with Crippen LogP contribution in [0.1, 0.15) is 95.2 Å². The summed E-state index contributed by atoms with van der Waals surface area (Å²) < 4.78 is 24.9. The minimum atomic E-state index is -1.42. The van der Waals surface area contributed by atoms with Crippen molar-refractivity contribution in [2.75, 3.05) is 28.2 Å². The summed E-state index contributed by atoms with van der Waals surface area (Å²) in [7, 11) is 7.40. The summed E-state index contributed by atoms with van der Waals surface area (Å²) in [6.07, 6.45) is -4.90. The topological polar surface area (TPSA) is 179 Å². The van der Waals surface area contributed by atoms with Crippen molar-refractivity contribution in [3.8, 4) is 17.2 Å². The predicted molar refractivity (Wildman–Crippen MR) is 174 cm³/mol. The number of ether oxygens (including phenoxy) is 4. The van der Waals surface area contributed by atoms with Gasteiger partial charge in [-0.15, -0.1) is 0 Å². The second kappa shape index (κ2) is 11.4. The maximum Gasteiger partial charge on any atom is 0.205 e. The van der Waals surface area contributed by atoms with Crippen molar-refractivity contribution in [1.29, 1.82) is 0 Å². The van der Waals surface area contributed by atoms with Gasteiger partial charge in [0.15, 0.2) is 12.1 Å². The Morgan fingerprint density at radius 2 is 1.61 bits per heavy atom. The molecule has 2 aliphatic carbocycles. The number of likely N-dealkylation sites (N-methyl/N-ethyl adjacent to an activating group) is 2. The van der Waals surface area contributed by atoms with Gasteiger partial charge in [-0.3, -0.25) is 9.59 Å². The van der Waals surface area contributed by atoms with Crippen LogP contribution in [-0.2, 0) is 26.2 Å². The van der Waals surface area contributed by atoms with E-state index in [1.165, 1.54) is 6.07 Å². The molecule has 0 radical (unpaired) electrons. The molecule has 11 unspecified atom stereocenters. The molecule has 0 aromatic heterocycles. The van der Waals surface area contributed by atoms with Crippen molar-refractivity contribution in [3.05, 3.63) is 51.1 Å². The lowest BCUT2D eigenvalue weighted by Gasteiger charge is -2.54. The van der Waals surface area contributed by atoms with Gasteiger partial charge in [0.05, 0.1) is 40.6 Å². The van der Waals surface area contributed by atoms with Crippen molar-refractivity contribution in [3.63, 3.8) is 0 Å². The van der Waals surface area contributed by atoms with Gasteiger partial charge in [0.2, 0.25) is 12.1 Å². The molecule has 13 nitrogen and oxygen atoms in total. The number of benzene rings is 2. The number of aliphatic hydroxyl groups is 3. The van der Waals surface area contributed by atoms with Gasteiger partial charge < -0.3 is 54.3 Å². The summed E-state index contributed by atoms with van der Waals surface area (Å²) in [6, 6.07) is 2.44. The van der Waals surface area contributed by atoms with Crippen LogP contribution in [-0.4, -0.2) is 124 Å². The first-order valence-corrected chi connectivity index (χ1v) is 16.8. The zero-order valence-electron chi connectivity index (χ0n) is 29.1. The maximum atomic E-state index is 14.5. The summed E-state index contributed by atoms with van der Waals surface area (Å²) in [4.78, 5) is 32.6. The van der Waals surface area contributed by atoms with Gasteiger partial charge in [-0.25, -0.2) is 0 Å². The van der Waals surface area contributed by atoms with E-state index in [9.17, 15) is 35.1 Å². The number of ketones is 2. The smallest absolute Gasteiger partial charge is 0.205 e. The van der Waals surface area contributed by atoms with Crippen molar-refractivity contribution < 1.29 is 54.1 Å². The predicted octanol–water partition coefficient (Wildman–Crippen LogP) is 1.95. The highest BCUT2D eigenvalue weighted by atomic mass is 16.7. The van der Waals surface area contributed by atoms with Gasteiger partial charge in [0.25, 0.3) is 0 Å². The standard InChI is InChI=1S/C36H46N2O11/c1-14-26(38(7)8)33(44)36(4)18-10-9-16-23(32(18)48-34(14)49-36)31(43)25-24(28(16)40)30(42)22-17(29(25)41)12-35(3,45)13-20(22)47-21-11-19(37(5)6)27(39)15(2)46-21/h9-10,14-15,19-21,26-27,33-34,39,41-42,44-45H,11-13H2,1-8H3. The lowest BCUT2D eigenvalue weighted by Crippen LogP contribution is -2.65. The van der Waals surface area contributed by atoms with Gasteiger partial charge in [-0.05, 0) is 55.0 Å². The summed E-state index contributed by atoms with van der Waals surface area (Å²) in [5.74, 6) is -2.69. The second-order valence-corrected chi connectivity index (χ2v) is 15.4. The number of phenols is 2. The van der Waals surface area contributed by atoms with E-state index in [4.69, 9.17) is 18.9 Å². The van der Waals surface area contributed by atoms with Gasteiger partial charge in [0, 0.05) is 59.5 Å². The Morgan fingerprint density at radius 1 is 0.939 bits per heavy atom. The van der Waals surface area contributed by atoms with E-state index in [0.717, 1.165) is 0 Å². The molecular weight excluding hydrogens is 636 g/mol. The SMILES string of the molecule is CC1OC(OC2CC(C)(O)Cc3c(O)c4c(c(O)c32)C(=O)c2ccc3c(c2C4=O)OC2OC3(C)C(O)C(N(C)C)C2C)CC(N(C)C)C1O. The number of aromatic hydroxyl groups is 2. The van der Waals surface area contributed by atoms with Crippen molar-refractivity contribution >= 4 is 11.6 Å². The van der Waals surface area contributed by atoms with E-state index in [1.807, 2.05) is 44.9 Å². The van der Waals surface area contributed by atoms with E-state index in [2.05, 4.69) is 0 Å². The highest BCUT2D eigenvalue weighted by Crippen LogP contribution is 2.55. The van der Waals surface area contributed by atoms with E-state index in [-0.39, 0.29) is 76.4 Å². The van der Waals surface area contributed by atoms with Crippen LogP contribution in [0, 0.1) is 5.92 Å². The minimum absolute atomic E-state index is 0.00368. The number of hydrogen-bond acceptors (Lipinski definition) is 13. The first-order chi connectivity index (χ1) is 22.9. The number of fused-ring (bicyclic) bond motifs is 8. The molecule has 2 aromatic carbocycles. The van der Waals surface area contributed by atoms with Crippen LogP contribution in [0.25, 0.3) is 0 Å². The lowest BCUT2D eigenvalue weighted by molar-refractivity contribution is -0.296. The Labute approximate surface area is 284 Å². The first-order valence-electron chi connectivity index (χ1n) is 16.8. The molecule has 2 aromatic rings. The molecule has 5 N–H and O–H groups in total. The first kappa shape index (κ1) is 34.3. The number of rotatable bonds is 4. The largest absolute Gasteiger partial charge is 0.507 e. The van der Waals surface area contributed by atoms with Crippen LogP contribution in [0.4, 0.5) is 0 Å². The Balaban J connectivity index is 1.33. The molecule has 13 heteroatoms. The van der Waals surface area contributed by atoms with Crippen LogP contribution in [0.15, 0.2) is 12.1 Å². The summed E-state index contributed by atoms with van der Waals surface area (Å²) in [5.41, 5.74) is -2.96. The Hall–Kier alpha value is -3.14. The Bertz CT molecular complexity index is 1740. The summed E-state index contributed by atoms with van der Waals surface area (Å²) >= 11 is 0. The van der Waals surface area contributed by atoms with Crippen LogP contribution in [0.2, 0.25) is 0 Å². The van der Waals surface area contributed by atoms with Crippen LogP contribution < -0.4 is 4.74 Å². The average molecular weight is 683 g/mol. The number of phenolic OH excluding ortho intramolecular Hbond substituents is 2. The molecule has 3 aliphatic heterocycles. The monoisotopic (exact) mass is 682 g/mol. The highest BCUT2D eigenvalue weighted by molar-refractivity contribution is 6.31. The van der Waals surface area contributed by atoms with Crippen molar-refractivity contribution in [2.24, 2.45) is 5.92 Å². The number of carbonyl (C=O) groups excluding carboxylic acids is 2. The number of hydrogen-bond donors (Lipinski definition) is 5. The van der Waals surface area contributed by atoms with Gasteiger partial charge >= 0.3 is 0 Å². The van der Waals surface area contributed by atoms with Gasteiger partial charge in [0.1, 0.15) is 29.0 Å². The normalized spacial score (nSPS) is 38.1. The third kappa shape index (κ3) is 4.96. The average Bonchev–Trinajstić information content (AvgIpc) is 3.01. The quantitative estimate of drug-likeness (QED) is 0.253. The van der Waals surface area contributed by atoms with E-state index in [0.29, 0.717) is 5.56 Å². The molecule has 0 spiro atoms. The molecule has 2 fully saturated rings. The number of nitrogens with zero attached hydrogens (tertiary/aromatic N) is 2. The second-order valence-electron chi connectivity index (χ2n) is 15.4. The lowest BCUT2D eigenvalue weighted by atomic mass is 9.71. The number of carbonyl (C=O) groups is 2.